The van der Waals surface area contributed by atoms with Gasteiger partial charge in [-0.25, -0.2) is 9.78 Å². The van der Waals surface area contributed by atoms with Crippen LogP contribution in [-0.2, 0) is 20.5 Å². The molecular formula is C14H19N3O2S. The highest BCUT2D eigenvalue weighted by atomic mass is 32.2. The van der Waals surface area contributed by atoms with Crippen molar-refractivity contribution in [2.45, 2.75) is 37.3 Å². The Kier molecular flexibility index (Phi) is 4.04. The van der Waals surface area contributed by atoms with Crippen molar-refractivity contribution in [3.63, 3.8) is 0 Å². The minimum absolute atomic E-state index is 0.269. The molecule has 0 fully saturated rings. The summed E-state index contributed by atoms with van der Waals surface area (Å²) in [6.07, 6.45) is 2.58. The Bertz CT molecular complexity index is 775. The van der Waals surface area contributed by atoms with Crippen molar-refractivity contribution in [2.75, 3.05) is 0 Å². The first-order valence-corrected chi connectivity index (χ1v) is 7.50. The van der Waals surface area contributed by atoms with Crippen molar-refractivity contribution in [1.82, 2.24) is 14.1 Å². The van der Waals surface area contributed by atoms with Crippen LogP contribution in [0.5, 0.6) is 0 Å². The average molecular weight is 293 g/mol. The molecule has 0 aromatic carbocycles. The molecule has 108 valence electrons. The molecule has 0 saturated carbocycles. The Hall–Kier alpha value is -1.56. The highest BCUT2D eigenvalue weighted by Gasteiger charge is 2.17. The maximum Gasteiger partial charge on any atom is 0.332 e. The SMILES string of the molecule is CCc1cnc2c(c1SC(C)C)c(=O)n(C)c(=O)n2C. The standard InChI is InChI=1S/C14H19N3O2S/c1-6-9-7-15-12-10(11(9)20-8(2)3)13(18)17(5)14(19)16(12)4/h7-8H,6H2,1-5H3. The predicted molar refractivity (Wildman–Crippen MR) is 82.6 cm³/mol. The van der Waals surface area contributed by atoms with Crippen molar-refractivity contribution >= 4 is 22.8 Å². The molecule has 0 aliphatic rings. The third-order valence-corrected chi connectivity index (χ3v) is 4.40. The fourth-order valence-electron chi connectivity index (χ4n) is 2.16. The molecule has 5 nitrogen and oxygen atoms in total. The van der Waals surface area contributed by atoms with Crippen LogP contribution in [0.2, 0.25) is 0 Å². The van der Waals surface area contributed by atoms with E-state index in [9.17, 15) is 9.59 Å². The maximum atomic E-state index is 12.5. The minimum Gasteiger partial charge on any atom is -0.280 e. The quantitative estimate of drug-likeness (QED) is 0.808. The van der Waals surface area contributed by atoms with Crippen LogP contribution < -0.4 is 11.2 Å². The number of hydrogen-bond donors (Lipinski definition) is 0. The summed E-state index contributed by atoms with van der Waals surface area (Å²) >= 11 is 1.65. The number of thioether (sulfide) groups is 1. The van der Waals surface area contributed by atoms with Gasteiger partial charge in [-0.05, 0) is 12.0 Å². The molecule has 20 heavy (non-hydrogen) atoms. The third kappa shape index (κ3) is 2.28. The lowest BCUT2D eigenvalue weighted by molar-refractivity contribution is 0.704. The molecule has 2 heterocycles. The zero-order valence-electron chi connectivity index (χ0n) is 12.4. The second-order valence-electron chi connectivity index (χ2n) is 5.04. The van der Waals surface area contributed by atoms with Crippen molar-refractivity contribution in [3.8, 4) is 0 Å². The first-order valence-electron chi connectivity index (χ1n) is 6.62. The molecule has 0 unspecified atom stereocenters. The van der Waals surface area contributed by atoms with E-state index in [0.717, 1.165) is 21.4 Å². The highest BCUT2D eigenvalue weighted by Crippen LogP contribution is 2.31. The van der Waals surface area contributed by atoms with Crippen LogP contribution in [0.25, 0.3) is 11.0 Å². The van der Waals surface area contributed by atoms with Gasteiger partial charge in [0.1, 0.15) is 5.65 Å². The zero-order valence-corrected chi connectivity index (χ0v) is 13.2. The molecular weight excluding hydrogens is 274 g/mol. The minimum atomic E-state index is -0.347. The molecule has 0 amide bonds. The average Bonchev–Trinajstić information content (AvgIpc) is 2.41. The summed E-state index contributed by atoms with van der Waals surface area (Å²) in [5.41, 5.74) is 0.888. The summed E-state index contributed by atoms with van der Waals surface area (Å²) in [6, 6.07) is 0. The molecule has 2 aromatic rings. The Morgan fingerprint density at radius 3 is 2.45 bits per heavy atom. The second kappa shape index (κ2) is 5.44. The lowest BCUT2D eigenvalue weighted by Gasteiger charge is -2.14. The van der Waals surface area contributed by atoms with E-state index >= 15 is 0 Å². The number of fused-ring (bicyclic) bond motifs is 1. The molecule has 0 aliphatic carbocycles. The number of aromatic nitrogens is 3. The third-order valence-electron chi connectivity index (χ3n) is 3.23. The fraction of sp³-hybridized carbons (Fsp3) is 0.500. The number of nitrogens with zero attached hydrogens (tertiary/aromatic N) is 3. The van der Waals surface area contributed by atoms with E-state index in [1.54, 1.807) is 25.0 Å². The van der Waals surface area contributed by atoms with Crippen LogP contribution in [0, 0.1) is 0 Å². The Labute approximate surface area is 121 Å². The van der Waals surface area contributed by atoms with Crippen LogP contribution >= 0.6 is 11.8 Å². The Morgan fingerprint density at radius 1 is 1.25 bits per heavy atom. The van der Waals surface area contributed by atoms with E-state index in [1.165, 1.54) is 11.6 Å². The molecule has 2 rings (SSSR count). The number of pyridine rings is 1. The van der Waals surface area contributed by atoms with Crippen LogP contribution in [0.3, 0.4) is 0 Å². The van der Waals surface area contributed by atoms with Crippen LogP contribution in [-0.4, -0.2) is 19.4 Å². The van der Waals surface area contributed by atoms with E-state index in [1.807, 2.05) is 6.92 Å². The monoisotopic (exact) mass is 293 g/mol. The van der Waals surface area contributed by atoms with E-state index in [-0.39, 0.29) is 11.2 Å². The molecule has 6 heteroatoms. The number of rotatable bonds is 3. The van der Waals surface area contributed by atoms with Crippen molar-refractivity contribution in [2.24, 2.45) is 14.1 Å². The summed E-state index contributed by atoms with van der Waals surface area (Å²) in [5.74, 6) is 0. The first-order chi connectivity index (χ1) is 9.38. The van der Waals surface area contributed by atoms with Gasteiger partial charge in [0.15, 0.2) is 0 Å². The molecule has 0 N–H and O–H groups in total. The van der Waals surface area contributed by atoms with Crippen molar-refractivity contribution < 1.29 is 0 Å². The lowest BCUT2D eigenvalue weighted by atomic mass is 10.2. The smallest absolute Gasteiger partial charge is 0.280 e. The summed E-state index contributed by atoms with van der Waals surface area (Å²) in [6.45, 7) is 6.21. The maximum absolute atomic E-state index is 12.5. The van der Waals surface area contributed by atoms with Gasteiger partial charge in [0.25, 0.3) is 5.56 Å². The number of aryl methyl sites for hydroxylation is 2. The molecule has 0 atom stereocenters. The van der Waals surface area contributed by atoms with Gasteiger partial charge in [-0.1, -0.05) is 20.8 Å². The Morgan fingerprint density at radius 2 is 1.90 bits per heavy atom. The van der Waals surface area contributed by atoms with Gasteiger partial charge in [0.2, 0.25) is 0 Å². The van der Waals surface area contributed by atoms with E-state index in [4.69, 9.17) is 0 Å². The van der Waals surface area contributed by atoms with E-state index in [0.29, 0.717) is 16.3 Å². The Balaban J connectivity index is 3.00. The van der Waals surface area contributed by atoms with Gasteiger partial charge >= 0.3 is 5.69 Å². The van der Waals surface area contributed by atoms with Crippen molar-refractivity contribution in [1.29, 1.82) is 0 Å². The van der Waals surface area contributed by atoms with Crippen LogP contribution in [0.4, 0.5) is 0 Å². The van der Waals surface area contributed by atoms with Gasteiger partial charge in [-0.15, -0.1) is 11.8 Å². The molecule has 0 saturated heterocycles. The van der Waals surface area contributed by atoms with Gasteiger partial charge < -0.3 is 0 Å². The van der Waals surface area contributed by atoms with Crippen LogP contribution in [0.15, 0.2) is 20.7 Å². The van der Waals surface area contributed by atoms with E-state index < -0.39 is 0 Å². The first kappa shape index (κ1) is 14.8. The van der Waals surface area contributed by atoms with Gasteiger partial charge in [-0.3, -0.25) is 13.9 Å². The lowest BCUT2D eigenvalue weighted by Crippen LogP contribution is -2.37. The molecule has 0 aliphatic heterocycles. The topological polar surface area (TPSA) is 56.9 Å². The van der Waals surface area contributed by atoms with E-state index in [2.05, 4.69) is 18.8 Å². The highest BCUT2D eigenvalue weighted by molar-refractivity contribution is 8.00. The summed E-state index contributed by atoms with van der Waals surface area (Å²) in [7, 11) is 3.15. The fourth-order valence-corrected chi connectivity index (χ4v) is 3.28. The van der Waals surface area contributed by atoms with Gasteiger partial charge in [0, 0.05) is 30.4 Å². The van der Waals surface area contributed by atoms with Gasteiger partial charge in [0.05, 0.1) is 5.39 Å². The van der Waals surface area contributed by atoms with Gasteiger partial charge in [-0.2, -0.15) is 0 Å². The molecule has 2 aromatic heterocycles. The normalized spacial score (nSPS) is 11.5. The second-order valence-corrected chi connectivity index (χ2v) is 6.62. The molecule has 0 radical (unpaired) electrons. The zero-order chi connectivity index (χ0) is 15.0. The number of hydrogen-bond acceptors (Lipinski definition) is 4. The van der Waals surface area contributed by atoms with Crippen LogP contribution in [0.1, 0.15) is 26.3 Å². The summed E-state index contributed by atoms with van der Waals surface area (Å²) < 4.78 is 2.58. The summed E-state index contributed by atoms with van der Waals surface area (Å²) in [4.78, 5) is 29.7. The largest absolute Gasteiger partial charge is 0.332 e. The molecule has 0 spiro atoms. The molecule has 0 bridgehead atoms. The van der Waals surface area contributed by atoms with Crippen molar-refractivity contribution in [3.05, 3.63) is 32.6 Å². The predicted octanol–water partition coefficient (Wildman–Crippen LogP) is 1.70. The summed E-state index contributed by atoms with van der Waals surface area (Å²) in [5, 5.41) is 0.903.